The van der Waals surface area contributed by atoms with Crippen LogP contribution in [0.4, 0.5) is 5.69 Å². The van der Waals surface area contributed by atoms with Gasteiger partial charge in [0.05, 0.1) is 12.9 Å². The van der Waals surface area contributed by atoms with Gasteiger partial charge in [-0.25, -0.2) is 0 Å². The van der Waals surface area contributed by atoms with Crippen molar-refractivity contribution in [2.75, 3.05) is 5.32 Å². The first kappa shape index (κ1) is 11.3. The van der Waals surface area contributed by atoms with Crippen LogP contribution in [0.25, 0.3) is 0 Å². The Labute approximate surface area is 83.9 Å². The van der Waals surface area contributed by atoms with Gasteiger partial charge in [-0.1, -0.05) is 18.2 Å². The highest BCUT2D eigenvalue weighted by atomic mass is 35.5. The van der Waals surface area contributed by atoms with Gasteiger partial charge in [-0.2, -0.15) is 0 Å². The molecule has 1 aromatic rings. The molecule has 1 aliphatic heterocycles. The highest BCUT2D eigenvalue weighted by molar-refractivity contribution is 5.85. The fourth-order valence-corrected chi connectivity index (χ4v) is 1.06. The number of fused-ring (bicyclic) bond motifs is 1. The van der Waals surface area contributed by atoms with Crippen LogP contribution in [-0.4, -0.2) is 6.34 Å². The largest absolute Gasteiger partial charge is 0.346 e. The summed E-state index contributed by atoms with van der Waals surface area (Å²) < 4.78 is 0. The summed E-state index contributed by atoms with van der Waals surface area (Å²) in [6.07, 6.45) is 1.74. The third kappa shape index (κ3) is 2.13. The second-order valence-corrected chi connectivity index (χ2v) is 2.27. The van der Waals surface area contributed by atoms with Crippen molar-refractivity contribution >= 4 is 36.8 Å². The lowest BCUT2D eigenvalue weighted by Gasteiger charge is -2.10. The van der Waals surface area contributed by atoms with Crippen LogP contribution in [0, 0.1) is 0 Å². The molecule has 1 aromatic carbocycles. The van der Waals surface area contributed by atoms with Crippen molar-refractivity contribution in [3.05, 3.63) is 29.8 Å². The van der Waals surface area contributed by atoms with Gasteiger partial charge in [0.1, 0.15) is 0 Å². The maximum atomic E-state index is 4.08. The Balaban J connectivity index is 0.000000605. The Morgan fingerprint density at radius 2 is 1.92 bits per heavy atom. The Kier molecular flexibility index (Phi) is 4.71. The normalized spacial score (nSPS) is 11.7. The molecule has 66 valence electrons. The van der Waals surface area contributed by atoms with E-state index < -0.39 is 0 Å². The average Bonchev–Trinajstić information content (AvgIpc) is 2.05. The summed E-state index contributed by atoms with van der Waals surface area (Å²) in [4.78, 5) is 4.08. The predicted octanol–water partition coefficient (Wildman–Crippen LogP) is 2.48. The number of hydrogen-bond donors (Lipinski definition) is 1. The zero-order valence-electron chi connectivity index (χ0n) is 6.36. The number of rotatable bonds is 0. The van der Waals surface area contributed by atoms with E-state index in [0.29, 0.717) is 0 Å². The van der Waals surface area contributed by atoms with Crippen LogP contribution in [0.5, 0.6) is 0 Å². The van der Waals surface area contributed by atoms with Crippen molar-refractivity contribution in [3.63, 3.8) is 0 Å². The Hall–Kier alpha value is -0.730. The number of para-hydroxylation sites is 1. The van der Waals surface area contributed by atoms with Gasteiger partial charge in [-0.3, -0.25) is 4.99 Å². The molecule has 12 heavy (non-hydrogen) atoms. The molecule has 2 rings (SSSR count). The topological polar surface area (TPSA) is 24.4 Å². The minimum absolute atomic E-state index is 0. The predicted molar refractivity (Wildman–Crippen MR) is 56.8 cm³/mol. The van der Waals surface area contributed by atoms with E-state index in [4.69, 9.17) is 0 Å². The monoisotopic (exact) mass is 204 g/mol. The highest BCUT2D eigenvalue weighted by Crippen LogP contribution is 2.17. The number of nitrogens with zero attached hydrogens (tertiary/aromatic N) is 1. The van der Waals surface area contributed by atoms with Gasteiger partial charge in [0.2, 0.25) is 0 Å². The molecule has 0 aliphatic carbocycles. The lowest BCUT2D eigenvalue weighted by atomic mass is 10.1. The van der Waals surface area contributed by atoms with Crippen LogP contribution >= 0.6 is 24.8 Å². The average molecular weight is 205 g/mol. The van der Waals surface area contributed by atoms with E-state index in [1.807, 2.05) is 12.1 Å². The lowest BCUT2D eigenvalue weighted by Crippen LogP contribution is -2.03. The molecular formula is C8H10Cl2N2. The van der Waals surface area contributed by atoms with Crippen LogP contribution in [-0.2, 0) is 6.54 Å². The molecule has 0 fully saturated rings. The van der Waals surface area contributed by atoms with Crippen molar-refractivity contribution in [1.29, 1.82) is 0 Å². The maximum Gasteiger partial charge on any atom is 0.0872 e. The van der Waals surface area contributed by atoms with Crippen LogP contribution < -0.4 is 5.32 Å². The molecule has 0 saturated carbocycles. The van der Waals surface area contributed by atoms with Crippen molar-refractivity contribution in [2.45, 2.75) is 6.54 Å². The molecule has 0 amide bonds. The number of hydrogen-bond acceptors (Lipinski definition) is 2. The van der Waals surface area contributed by atoms with Crippen LogP contribution in [0.1, 0.15) is 5.56 Å². The molecule has 0 spiro atoms. The van der Waals surface area contributed by atoms with E-state index in [-0.39, 0.29) is 24.8 Å². The molecule has 0 atom stereocenters. The summed E-state index contributed by atoms with van der Waals surface area (Å²) in [6.45, 7) is 0.809. The zero-order valence-corrected chi connectivity index (χ0v) is 7.99. The van der Waals surface area contributed by atoms with Crippen molar-refractivity contribution in [3.8, 4) is 0 Å². The summed E-state index contributed by atoms with van der Waals surface area (Å²) in [5.41, 5.74) is 2.45. The van der Waals surface area contributed by atoms with Gasteiger partial charge in [0.15, 0.2) is 0 Å². The van der Waals surface area contributed by atoms with Crippen molar-refractivity contribution < 1.29 is 0 Å². The third-order valence-electron chi connectivity index (χ3n) is 1.59. The molecule has 4 heteroatoms. The summed E-state index contributed by atoms with van der Waals surface area (Å²) >= 11 is 0. The number of aliphatic imine (C=N–C) groups is 1. The molecule has 0 unspecified atom stereocenters. The molecule has 1 aliphatic rings. The van der Waals surface area contributed by atoms with Gasteiger partial charge in [-0.05, 0) is 11.6 Å². The fourth-order valence-electron chi connectivity index (χ4n) is 1.06. The van der Waals surface area contributed by atoms with E-state index in [9.17, 15) is 0 Å². The number of benzene rings is 1. The number of halogens is 2. The number of anilines is 1. The SMILES string of the molecule is C1=NCc2ccccc2N1.Cl.Cl. The highest BCUT2D eigenvalue weighted by Gasteiger charge is 2.00. The number of nitrogens with one attached hydrogen (secondary N) is 1. The maximum absolute atomic E-state index is 4.08. The van der Waals surface area contributed by atoms with Crippen LogP contribution in [0.15, 0.2) is 29.3 Å². The van der Waals surface area contributed by atoms with Gasteiger partial charge in [0.25, 0.3) is 0 Å². The van der Waals surface area contributed by atoms with Gasteiger partial charge >= 0.3 is 0 Å². The molecule has 0 aromatic heterocycles. The van der Waals surface area contributed by atoms with Gasteiger partial charge in [-0.15, -0.1) is 24.8 Å². The smallest absolute Gasteiger partial charge is 0.0872 e. The van der Waals surface area contributed by atoms with E-state index in [0.717, 1.165) is 6.54 Å². The van der Waals surface area contributed by atoms with E-state index in [1.165, 1.54) is 11.3 Å². The van der Waals surface area contributed by atoms with E-state index in [2.05, 4.69) is 22.4 Å². The summed E-state index contributed by atoms with van der Waals surface area (Å²) in [5.74, 6) is 0. The molecule has 1 heterocycles. The molecular weight excluding hydrogens is 195 g/mol. The first-order valence-corrected chi connectivity index (χ1v) is 3.29. The third-order valence-corrected chi connectivity index (χ3v) is 1.59. The summed E-state index contributed by atoms with van der Waals surface area (Å²) in [7, 11) is 0. The minimum atomic E-state index is 0. The molecule has 0 bridgehead atoms. The summed E-state index contributed by atoms with van der Waals surface area (Å²) in [6, 6.07) is 8.19. The Bertz CT molecular complexity index is 247. The van der Waals surface area contributed by atoms with Crippen LogP contribution in [0.3, 0.4) is 0 Å². The first-order chi connectivity index (χ1) is 4.97. The Morgan fingerprint density at radius 1 is 1.17 bits per heavy atom. The molecule has 0 saturated heterocycles. The second-order valence-electron chi connectivity index (χ2n) is 2.27. The molecule has 2 nitrogen and oxygen atoms in total. The van der Waals surface area contributed by atoms with Gasteiger partial charge < -0.3 is 5.32 Å². The van der Waals surface area contributed by atoms with Crippen molar-refractivity contribution in [2.24, 2.45) is 4.99 Å². The summed E-state index contributed by atoms with van der Waals surface area (Å²) in [5, 5.41) is 3.07. The second kappa shape index (κ2) is 5.01. The minimum Gasteiger partial charge on any atom is -0.346 e. The van der Waals surface area contributed by atoms with Crippen molar-refractivity contribution in [1.82, 2.24) is 0 Å². The zero-order chi connectivity index (χ0) is 6.81. The Morgan fingerprint density at radius 3 is 2.67 bits per heavy atom. The van der Waals surface area contributed by atoms with Crippen LogP contribution in [0.2, 0.25) is 0 Å². The van der Waals surface area contributed by atoms with E-state index >= 15 is 0 Å². The van der Waals surface area contributed by atoms with Gasteiger partial charge in [0, 0.05) is 5.69 Å². The molecule has 0 radical (unpaired) electrons. The molecule has 1 N–H and O–H groups in total. The fraction of sp³-hybridized carbons (Fsp3) is 0.125. The lowest BCUT2D eigenvalue weighted by molar-refractivity contribution is 1.06. The quantitative estimate of drug-likeness (QED) is 0.691. The first-order valence-electron chi connectivity index (χ1n) is 3.29. The van der Waals surface area contributed by atoms with E-state index in [1.54, 1.807) is 6.34 Å². The standard InChI is InChI=1S/C8H8N2.2ClH/c1-2-4-8-7(3-1)5-9-6-10-8;;/h1-4,6H,5H2,(H,9,10);2*1H.